The minimum Gasteiger partial charge on any atom is -0.394 e. The highest BCUT2D eigenvalue weighted by atomic mass is 16.3. The van der Waals surface area contributed by atoms with Crippen LogP contribution in [-0.2, 0) is 44.8 Å². The van der Waals surface area contributed by atoms with E-state index in [1.165, 1.54) is 43.9 Å². The molecule has 0 saturated carbocycles. The second-order valence-corrected chi connectivity index (χ2v) is 18.6. The van der Waals surface area contributed by atoms with E-state index in [0.29, 0.717) is 12.8 Å². The van der Waals surface area contributed by atoms with E-state index in [-0.39, 0.29) is 56.4 Å². The van der Waals surface area contributed by atoms with Gasteiger partial charge in [0.1, 0.15) is 42.3 Å². The number of primary amides is 1. The number of nitrogens with zero attached hydrogens (tertiary/aromatic N) is 1. The molecule has 19 nitrogen and oxygen atoms in total. The largest absolute Gasteiger partial charge is 0.394 e. The highest BCUT2D eigenvalue weighted by Crippen LogP contribution is 2.21. The van der Waals surface area contributed by atoms with Gasteiger partial charge in [-0.15, -0.1) is 0 Å². The third-order valence-electron chi connectivity index (χ3n) is 11.7. The average Bonchev–Trinajstić information content (AvgIpc) is 3.77. The molecular formula is C48H80N8O11. The molecular weight excluding hydrogens is 865 g/mol. The second kappa shape index (κ2) is 31.0. The van der Waals surface area contributed by atoms with Crippen LogP contribution in [0.3, 0.4) is 0 Å². The molecule has 8 amide bonds. The van der Waals surface area contributed by atoms with Crippen LogP contribution in [0.15, 0.2) is 30.3 Å². The summed E-state index contributed by atoms with van der Waals surface area (Å²) in [6.45, 7) is 9.04. The Morgan fingerprint density at radius 3 is 1.70 bits per heavy atom. The molecule has 1 aromatic carbocycles. The standard InChI is InChI=1S/C48H80N8O11/c1-7-8-9-10-11-12-13-14-18-23-40(60)50-35(27-33-20-16-15-17-21-33)43(62)53-37(28-57)44(63)52-36(26-31(4)5)48(67)56-24-19-22-39(56)46(65)54-38(29-58)45(64)55-41(32(6)59)47(66)51-34(42(49)61)25-30(2)3/h15-17,20-21,30-32,34-39,41,57-59H,7-14,18-19,22-29H2,1-6H3,(H2,49,61)(H,50,60)(H,51,66)(H,52,63)(H,53,62)(H,54,65)(H,55,64)/t32-,34+,35+,36+,37+,38+,39+,41+/m1/s1. The third kappa shape index (κ3) is 21.1. The first-order valence-corrected chi connectivity index (χ1v) is 24.2. The second-order valence-electron chi connectivity index (χ2n) is 18.6. The Labute approximate surface area is 396 Å². The van der Waals surface area contributed by atoms with Crippen LogP contribution in [0.1, 0.15) is 137 Å². The average molecular weight is 945 g/mol. The van der Waals surface area contributed by atoms with Gasteiger partial charge in [-0.1, -0.05) is 116 Å². The van der Waals surface area contributed by atoms with Crippen LogP contribution in [0.2, 0.25) is 0 Å². The summed E-state index contributed by atoms with van der Waals surface area (Å²) in [5.74, 6) is -6.25. The molecule has 1 fully saturated rings. The first-order valence-electron chi connectivity index (χ1n) is 24.2. The Hall–Kier alpha value is -5.14. The van der Waals surface area contributed by atoms with E-state index in [9.17, 15) is 53.7 Å². The molecule has 0 aromatic heterocycles. The highest BCUT2D eigenvalue weighted by molar-refractivity contribution is 5.98. The Kier molecular flexibility index (Phi) is 26.8. The molecule has 1 aliphatic heterocycles. The Morgan fingerprint density at radius 1 is 0.642 bits per heavy atom. The molecule has 1 saturated heterocycles. The minimum atomic E-state index is -1.62. The number of hydrogen-bond acceptors (Lipinski definition) is 11. The van der Waals surface area contributed by atoms with Crippen LogP contribution >= 0.6 is 0 Å². The molecule has 67 heavy (non-hydrogen) atoms. The van der Waals surface area contributed by atoms with E-state index >= 15 is 0 Å². The number of aliphatic hydroxyl groups excluding tert-OH is 3. The van der Waals surface area contributed by atoms with Crippen LogP contribution in [-0.4, -0.2) is 136 Å². The SMILES string of the molecule is CCCCCCCCCCCC(=O)N[C@@H](Cc1ccccc1)C(=O)N[C@@H](CO)C(=O)N[C@@H](CC(C)C)C(=O)N1CCC[C@H]1C(=O)N[C@@H](CO)C(=O)N[C@H](C(=O)N[C@@H](CC(C)C)C(N)=O)[C@@H](C)O. The number of carbonyl (C=O) groups is 8. The first kappa shape index (κ1) is 58.0. The maximum Gasteiger partial charge on any atom is 0.245 e. The zero-order chi connectivity index (χ0) is 50.1. The molecule has 0 radical (unpaired) electrons. The quantitative estimate of drug-likeness (QED) is 0.0455. The van der Waals surface area contributed by atoms with E-state index < -0.39 is 103 Å². The Bertz CT molecular complexity index is 1730. The summed E-state index contributed by atoms with van der Waals surface area (Å²) in [5.41, 5.74) is 6.20. The third-order valence-corrected chi connectivity index (χ3v) is 11.7. The van der Waals surface area contributed by atoms with Crippen LogP contribution in [0.25, 0.3) is 0 Å². The molecule has 2 rings (SSSR count). The van der Waals surface area contributed by atoms with Crippen molar-refractivity contribution in [1.29, 1.82) is 0 Å². The molecule has 0 bridgehead atoms. The number of likely N-dealkylation sites (tertiary alicyclic amines) is 1. The fourth-order valence-electron chi connectivity index (χ4n) is 7.96. The zero-order valence-corrected chi connectivity index (χ0v) is 40.5. The van der Waals surface area contributed by atoms with Crippen LogP contribution < -0.4 is 37.6 Å². The van der Waals surface area contributed by atoms with Crippen molar-refractivity contribution in [2.24, 2.45) is 17.6 Å². The molecule has 378 valence electrons. The normalized spacial score (nSPS) is 16.8. The van der Waals surface area contributed by atoms with Crippen LogP contribution in [0, 0.1) is 11.8 Å². The summed E-state index contributed by atoms with van der Waals surface area (Å²) in [7, 11) is 0. The molecule has 0 aliphatic carbocycles. The van der Waals surface area contributed by atoms with Crippen molar-refractivity contribution in [3.8, 4) is 0 Å². The van der Waals surface area contributed by atoms with Gasteiger partial charge in [0.2, 0.25) is 47.3 Å². The van der Waals surface area contributed by atoms with Gasteiger partial charge < -0.3 is 57.9 Å². The zero-order valence-electron chi connectivity index (χ0n) is 40.5. The predicted molar refractivity (Wildman–Crippen MR) is 252 cm³/mol. The number of hydrogen-bond donors (Lipinski definition) is 10. The molecule has 1 aromatic rings. The molecule has 11 N–H and O–H groups in total. The van der Waals surface area contributed by atoms with E-state index in [2.05, 4.69) is 38.8 Å². The van der Waals surface area contributed by atoms with Gasteiger partial charge in [0, 0.05) is 19.4 Å². The van der Waals surface area contributed by atoms with Gasteiger partial charge in [-0.2, -0.15) is 0 Å². The molecule has 0 unspecified atom stereocenters. The summed E-state index contributed by atoms with van der Waals surface area (Å²) in [4.78, 5) is 108. The molecule has 8 atom stereocenters. The Balaban J connectivity index is 2.14. The lowest BCUT2D eigenvalue weighted by Gasteiger charge is -2.31. The minimum absolute atomic E-state index is 0.0283. The maximum absolute atomic E-state index is 14.2. The lowest BCUT2D eigenvalue weighted by atomic mass is 10.0. The van der Waals surface area contributed by atoms with Gasteiger partial charge in [-0.05, 0) is 56.4 Å². The van der Waals surface area contributed by atoms with Gasteiger partial charge in [0.15, 0.2) is 0 Å². The van der Waals surface area contributed by atoms with Gasteiger partial charge >= 0.3 is 0 Å². The van der Waals surface area contributed by atoms with Crippen molar-refractivity contribution in [2.45, 2.75) is 186 Å². The van der Waals surface area contributed by atoms with Gasteiger partial charge in [0.05, 0.1) is 19.3 Å². The number of amides is 8. The number of benzene rings is 1. The summed E-state index contributed by atoms with van der Waals surface area (Å²) in [6.07, 6.45) is 9.47. The highest BCUT2D eigenvalue weighted by Gasteiger charge is 2.40. The van der Waals surface area contributed by atoms with Crippen molar-refractivity contribution in [2.75, 3.05) is 19.8 Å². The lowest BCUT2D eigenvalue weighted by Crippen LogP contribution is -2.62. The lowest BCUT2D eigenvalue weighted by molar-refractivity contribution is -0.143. The number of rotatable bonds is 32. The van der Waals surface area contributed by atoms with Gasteiger partial charge in [0.25, 0.3) is 0 Å². The molecule has 1 heterocycles. The number of nitrogens with two attached hydrogens (primary N) is 1. The molecule has 0 spiro atoms. The van der Waals surface area contributed by atoms with E-state index in [1.807, 2.05) is 45.9 Å². The van der Waals surface area contributed by atoms with E-state index in [1.54, 1.807) is 12.1 Å². The number of nitrogens with one attached hydrogen (secondary N) is 6. The smallest absolute Gasteiger partial charge is 0.245 e. The van der Waals surface area contributed by atoms with Crippen LogP contribution in [0.4, 0.5) is 0 Å². The van der Waals surface area contributed by atoms with Crippen molar-refractivity contribution in [3.05, 3.63) is 35.9 Å². The maximum atomic E-state index is 14.2. The number of unbranched alkanes of at least 4 members (excludes halogenated alkanes) is 8. The van der Waals surface area contributed by atoms with Crippen molar-refractivity contribution >= 4 is 47.3 Å². The predicted octanol–water partition coefficient (Wildman–Crippen LogP) is 0.993. The fourth-order valence-corrected chi connectivity index (χ4v) is 7.96. The summed E-state index contributed by atoms with van der Waals surface area (Å²) in [6, 6.07) is -0.165. The molecule has 1 aliphatic rings. The van der Waals surface area contributed by atoms with Gasteiger partial charge in [-0.3, -0.25) is 38.4 Å². The number of carbonyl (C=O) groups excluding carboxylic acids is 8. The van der Waals surface area contributed by atoms with E-state index in [0.717, 1.165) is 24.8 Å². The summed E-state index contributed by atoms with van der Waals surface area (Å²) < 4.78 is 0. The monoisotopic (exact) mass is 945 g/mol. The van der Waals surface area contributed by atoms with Gasteiger partial charge in [-0.25, -0.2) is 0 Å². The van der Waals surface area contributed by atoms with E-state index in [4.69, 9.17) is 5.73 Å². The first-order chi connectivity index (χ1) is 31.8. The fraction of sp³-hybridized carbons (Fsp3) is 0.708. The summed E-state index contributed by atoms with van der Waals surface area (Å²) >= 11 is 0. The van der Waals surface area contributed by atoms with Crippen molar-refractivity contribution in [1.82, 2.24) is 36.8 Å². The van der Waals surface area contributed by atoms with Crippen LogP contribution in [0.5, 0.6) is 0 Å². The summed E-state index contributed by atoms with van der Waals surface area (Å²) in [5, 5.41) is 46.0. The number of aliphatic hydroxyl groups is 3. The Morgan fingerprint density at radius 2 is 1.15 bits per heavy atom. The van der Waals surface area contributed by atoms with Crippen molar-refractivity contribution in [3.63, 3.8) is 0 Å². The van der Waals surface area contributed by atoms with Crippen molar-refractivity contribution < 1.29 is 53.7 Å². The topological polar surface area (TPSA) is 299 Å². The molecule has 19 heteroatoms.